The molecular formula is C3H5OPS2. The summed E-state index contributed by atoms with van der Waals surface area (Å²) in [6, 6.07) is 0. The standard InChI is InChI=1S/C3H5OPS2/c6-5-4-3-1-7-2-3/h3H,1-2H2. The molecule has 1 heterocycles. The lowest BCUT2D eigenvalue weighted by Crippen LogP contribution is -2.24. The Bertz CT molecular complexity index is 73.3. The third kappa shape index (κ3) is 1.65. The van der Waals surface area contributed by atoms with Crippen LogP contribution in [0.1, 0.15) is 0 Å². The maximum absolute atomic E-state index is 5.04. The Labute approximate surface area is 53.7 Å². The molecule has 1 nitrogen and oxygen atoms in total. The van der Waals surface area contributed by atoms with Crippen LogP contribution in [-0.4, -0.2) is 17.6 Å². The predicted octanol–water partition coefficient (Wildman–Crippen LogP) is 1.44. The molecule has 0 radical (unpaired) electrons. The third-order valence-corrected chi connectivity index (χ3v) is 2.66. The van der Waals surface area contributed by atoms with Gasteiger partial charge in [0.1, 0.15) is 7.58 Å². The highest BCUT2D eigenvalue weighted by Crippen LogP contribution is 2.23. The van der Waals surface area contributed by atoms with Gasteiger partial charge in [-0.2, -0.15) is 11.8 Å². The van der Waals surface area contributed by atoms with Gasteiger partial charge >= 0.3 is 0 Å². The van der Waals surface area contributed by atoms with Crippen molar-refractivity contribution in [3.05, 3.63) is 0 Å². The SMILES string of the molecule is S=POC1CSC1. The van der Waals surface area contributed by atoms with Gasteiger partial charge in [0.25, 0.3) is 0 Å². The van der Waals surface area contributed by atoms with E-state index in [1.54, 1.807) is 0 Å². The highest BCUT2D eigenvalue weighted by atomic mass is 32.4. The van der Waals surface area contributed by atoms with Gasteiger partial charge in [-0.25, -0.2) is 0 Å². The van der Waals surface area contributed by atoms with Crippen LogP contribution in [0.5, 0.6) is 0 Å². The molecule has 0 amide bonds. The van der Waals surface area contributed by atoms with E-state index in [0.29, 0.717) is 13.7 Å². The summed E-state index contributed by atoms with van der Waals surface area (Å²) in [5.41, 5.74) is 0. The summed E-state index contributed by atoms with van der Waals surface area (Å²) < 4.78 is 5.04. The summed E-state index contributed by atoms with van der Waals surface area (Å²) in [6.07, 6.45) is 0.476. The van der Waals surface area contributed by atoms with Crippen LogP contribution in [0.25, 0.3) is 0 Å². The first kappa shape index (κ1) is 5.96. The Morgan fingerprint density at radius 1 is 1.71 bits per heavy atom. The van der Waals surface area contributed by atoms with Crippen molar-refractivity contribution < 1.29 is 4.52 Å². The Kier molecular flexibility index (Phi) is 2.53. The highest BCUT2D eigenvalue weighted by Gasteiger charge is 2.17. The van der Waals surface area contributed by atoms with Crippen molar-refractivity contribution in [1.29, 1.82) is 0 Å². The molecule has 0 aromatic heterocycles. The lowest BCUT2D eigenvalue weighted by atomic mass is 10.5. The van der Waals surface area contributed by atoms with Gasteiger partial charge in [0.05, 0.1) is 6.10 Å². The normalized spacial score (nSPS) is 22.3. The van der Waals surface area contributed by atoms with Crippen molar-refractivity contribution in [2.75, 3.05) is 11.5 Å². The van der Waals surface area contributed by atoms with Gasteiger partial charge < -0.3 is 4.52 Å². The third-order valence-electron chi connectivity index (χ3n) is 0.800. The van der Waals surface area contributed by atoms with Gasteiger partial charge in [-0.15, -0.1) is 0 Å². The van der Waals surface area contributed by atoms with Crippen molar-refractivity contribution in [1.82, 2.24) is 0 Å². The zero-order chi connectivity index (χ0) is 5.11. The Morgan fingerprint density at radius 3 is 2.57 bits per heavy atom. The number of hydrogen-bond acceptors (Lipinski definition) is 3. The molecule has 7 heavy (non-hydrogen) atoms. The lowest BCUT2D eigenvalue weighted by Gasteiger charge is -2.21. The molecule has 0 spiro atoms. The fourth-order valence-electron chi connectivity index (χ4n) is 0.336. The summed E-state index contributed by atoms with van der Waals surface area (Å²) in [5, 5.41) is 0. The Balaban J connectivity index is 2.03. The quantitative estimate of drug-likeness (QED) is 0.554. The molecule has 0 aromatic carbocycles. The van der Waals surface area contributed by atoms with Gasteiger partial charge in [-0.3, -0.25) is 0 Å². The maximum Gasteiger partial charge on any atom is 0.137 e. The fourth-order valence-corrected chi connectivity index (χ4v) is 1.74. The minimum absolute atomic E-state index is 0.476. The van der Waals surface area contributed by atoms with Crippen molar-refractivity contribution in [2.24, 2.45) is 0 Å². The summed E-state index contributed by atoms with van der Waals surface area (Å²) in [5.74, 6) is 2.28. The van der Waals surface area contributed by atoms with Crippen LogP contribution in [0.4, 0.5) is 0 Å². The van der Waals surface area contributed by atoms with Crippen molar-refractivity contribution >= 4 is 31.2 Å². The molecule has 0 aromatic rings. The van der Waals surface area contributed by atoms with Crippen LogP contribution >= 0.6 is 19.3 Å². The first-order valence-corrected chi connectivity index (χ1v) is 4.98. The van der Waals surface area contributed by atoms with E-state index >= 15 is 0 Å². The van der Waals surface area contributed by atoms with Crippen LogP contribution in [-0.2, 0) is 16.3 Å². The van der Waals surface area contributed by atoms with Gasteiger partial charge in [0.2, 0.25) is 0 Å². The summed E-state index contributed by atoms with van der Waals surface area (Å²) in [6.45, 7) is 0. The Hall–Kier alpha value is 0.830. The van der Waals surface area contributed by atoms with E-state index in [0.717, 1.165) is 11.5 Å². The number of thioether (sulfide) groups is 1. The van der Waals surface area contributed by atoms with Crippen LogP contribution in [0, 0.1) is 0 Å². The largest absolute Gasteiger partial charge is 0.312 e. The zero-order valence-corrected chi connectivity index (χ0v) is 6.19. The average Bonchev–Trinajstić information content (AvgIpc) is 1.55. The summed E-state index contributed by atoms with van der Waals surface area (Å²) >= 11 is 6.48. The van der Waals surface area contributed by atoms with E-state index in [9.17, 15) is 0 Å². The molecule has 1 fully saturated rings. The molecule has 0 aliphatic carbocycles. The first-order valence-electron chi connectivity index (χ1n) is 1.99. The molecule has 1 saturated heterocycles. The summed E-state index contributed by atoms with van der Waals surface area (Å²) in [4.78, 5) is 0. The average molecular weight is 152 g/mol. The maximum atomic E-state index is 5.04. The van der Waals surface area contributed by atoms with Gasteiger partial charge in [-0.05, 0) is 11.8 Å². The van der Waals surface area contributed by atoms with E-state index in [2.05, 4.69) is 11.8 Å². The molecule has 1 aliphatic rings. The monoisotopic (exact) mass is 152 g/mol. The lowest BCUT2D eigenvalue weighted by molar-refractivity contribution is 0.283. The van der Waals surface area contributed by atoms with E-state index in [1.165, 1.54) is 0 Å². The molecule has 0 N–H and O–H groups in total. The molecule has 1 rings (SSSR count). The molecule has 40 valence electrons. The molecule has 0 atom stereocenters. The fraction of sp³-hybridized carbons (Fsp3) is 1.00. The van der Waals surface area contributed by atoms with E-state index in [1.807, 2.05) is 11.8 Å². The predicted molar refractivity (Wildman–Crippen MR) is 36.5 cm³/mol. The minimum atomic E-state index is 0.476. The van der Waals surface area contributed by atoms with E-state index in [-0.39, 0.29) is 0 Å². The van der Waals surface area contributed by atoms with Crippen molar-refractivity contribution in [3.63, 3.8) is 0 Å². The smallest absolute Gasteiger partial charge is 0.137 e. The second kappa shape index (κ2) is 2.98. The highest BCUT2D eigenvalue weighted by molar-refractivity contribution is 8.00. The first-order chi connectivity index (χ1) is 3.43. The van der Waals surface area contributed by atoms with E-state index in [4.69, 9.17) is 4.52 Å². The Morgan fingerprint density at radius 2 is 2.43 bits per heavy atom. The molecular weight excluding hydrogens is 147 g/mol. The van der Waals surface area contributed by atoms with Crippen LogP contribution in [0.15, 0.2) is 0 Å². The topological polar surface area (TPSA) is 9.23 Å². The van der Waals surface area contributed by atoms with Crippen LogP contribution < -0.4 is 0 Å². The molecule has 4 heteroatoms. The number of hydrogen-bond donors (Lipinski definition) is 0. The minimum Gasteiger partial charge on any atom is -0.312 e. The van der Waals surface area contributed by atoms with E-state index < -0.39 is 0 Å². The van der Waals surface area contributed by atoms with Gasteiger partial charge in [-0.1, -0.05) is 0 Å². The molecule has 0 saturated carbocycles. The molecule has 0 unspecified atom stereocenters. The second-order valence-corrected chi connectivity index (χ2v) is 3.22. The molecule has 1 aliphatic heterocycles. The van der Waals surface area contributed by atoms with Crippen molar-refractivity contribution in [2.45, 2.75) is 6.10 Å². The van der Waals surface area contributed by atoms with Gasteiger partial charge in [0.15, 0.2) is 0 Å². The summed E-state index contributed by atoms with van der Waals surface area (Å²) in [7, 11) is 0.661. The van der Waals surface area contributed by atoms with Crippen LogP contribution in [0.3, 0.4) is 0 Å². The number of rotatable bonds is 2. The van der Waals surface area contributed by atoms with Gasteiger partial charge in [0, 0.05) is 11.5 Å². The van der Waals surface area contributed by atoms with Crippen LogP contribution in [0.2, 0.25) is 0 Å². The second-order valence-electron chi connectivity index (χ2n) is 1.34. The molecule has 0 bridgehead atoms. The zero-order valence-electron chi connectivity index (χ0n) is 3.66. The van der Waals surface area contributed by atoms with Crippen molar-refractivity contribution in [3.8, 4) is 0 Å².